The molecule has 0 saturated carbocycles. The molecule has 0 aromatic carbocycles. The van der Waals surface area contributed by atoms with Crippen LogP contribution in [0.5, 0.6) is 0 Å². The molecule has 0 aliphatic rings. The van der Waals surface area contributed by atoms with Gasteiger partial charge in [-0.05, 0) is 19.8 Å². The van der Waals surface area contributed by atoms with E-state index in [4.69, 9.17) is 0 Å². The Balaban J connectivity index is 3.24. The topological polar surface area (TPSA) is 29.1 Å². The summed E-state index contributed by atoms with van der Waals surface area (Å²) >= 11 is 0. The largest absolute Gasteiger partial charge is 0.313 e. The molecule has 0 bridgehead atoms. The predicted molar refractivity (Wildman–Crippen MR) is 55.8 cm³/mol. The van der Waals surface area contributed by atoms with Crippen LogP contribution in [0.15, 0.2) is 12.7 Å². The van der Waals surface area contributed by atoms with Gasteiger partial charge in [0.2, 0.25) is 0 Å². The molecule has 0 rings (SSSR count). The van der Waals surface area contributed by atoms with Crippen LogP contribution in [0.25, 0.3) is 0 Å². The first-order valence-electron chi connectivity index (χ1n) is 4.31. The molecule has 0 heterocycles. The van der Waals surface area contributed by atoms with Crippen molar-refractivity contribution < 1.29 is 4.21 Å². The minimum Gasteiger partial charge on any atom is -0.313 e. The van der Waals surface area contributed by atoms with Gasteiger partial charge in [-0.1, -0.05) is 6.08 Å². The lowest BCUT2D eigenvalue weighted by Gasteiger charge is -2.11. The lowest BCUT2D eigenvalue weighted by Crippen LogP contribution is -2.29. The van der Waals surface area contributed by atoms with Crippen molar-refractivity contribution >= 4 is 10.8 Å². The Morgan fingerprint density at radius 2 is 2.33 bits per heavy atom. The van der Waals surface area contributed by atoms with E-state index in [2.05, 4.69) is 18.8 Å². The van der Waals surface area contributed by atoms with Crippen LogP contribution in [0.1, 0.15) is 19.8 Å². The Kier molecular flexibility index (Phi) is 7.40. The molecule has 2 atom stereocenters. The van der Waals surface area contributed by atoms with Crippen molar-refractivity contribution in [2.45, 2.75) is 25.8 Å². The zero-order valence-corrected chi connectivity index (χ0v) is 8.82. The second kappa shape index (κ2) is 7.50. The van der Waals surface area contributed by atoms with Gasteiger partial charge in [0.25, 0.3) is 0 Å². The number of hydrogen-bond donors (Lipinski definition) is 1. The Morgan fingerprint density at radius 1 is 1.67 bits per heavy atom. The van der Waals surface area contributed by atoms with Gasteiger partial charge >= 0.3 is 0 Å². The summed E-state index contributed by atoms with van der Waals surface area (Å²) < 4.78 is 10.7. The van der Waals surface area contributed by atoms with E-state index in [9.17, 15) is 4.21 Å². The number of allylic oxidation sites excluding steroid dienone is 1. The van der Waals surface area contributed by atoms with Crippen LogP contribution >= 0.6 is 0 Å². The predicted octanol–water partition coefficient (Wildman–Crippen LogP) is 1.31. The Hall–Kier alpha value is -0.150. The number of rotatable bonds is 7. The summed E-state index contributed by atoms with van der Waals surface area (Å²) in [6.07, 6.45) is 5.81. The normalized spacial score (nSPS) is 15.5. The zero-order valence-electron chi connectivity index (χ0n) is 8.01. The average molecular weight is 189 g/mol. The summed E-state index contributed by atoms with van der Waals surface area (Å²) in [5.41, 5.74) is 0. The summed E-state index contributed by atoms with van der Waals surface area (Å²) in [6, 6.07) is 0.506. The fourth-order valence-corrected chi connectivity index (χ4v) is 1.32. The van der Waals surface area contributed by atoms with E-state index in [0.29, 0.717) is 6.04 Å². The minimum atomic E-state index is -0.670. The van der Waals surface area contributed by atoms with Gasteiger partial charge in [-0.3, -0.25) is 4.21 Å². The summed E-state index contributed by atoms with van der Waals surface area (Å²) in [7, 11) is -0.670. The van der Waals surface area contributed by atoms with E-state index in [1.165, 1.54) is 0 Å². The van der Waals surface area contributed by atoms with E-state index in [-0.39, 0.29) is 0 Å². The van der Waals surface area contributed by atoms with Crippen molar-refractivity contribution in [1.82, 2.24) is 5.32 Å². The second-order valence-corrected chi connectivity index (χ2v) is 4.55. The SMILES string of the molecule is C=CCCC(C)NCCS(C)=O. The first kappa shape index (κ1) is 11.8. The minimum absolute atomic E-state index is 0.506. The Bertz CT molecular complexity index is 147. The van der Waals surface area contributed by atoms with Crippen molar-refractivity contribution in [3.05, 3.63) is 12.7 Å². The van der Waals surface area contributed by atoms with Gasteiger partial charge in [-0.2, -0.15) is 0 Å². The van der Waals surface area contributed by atoms with E-state index in [1.807, 2.05) is 6.08 Å². The molecule has 0 amide bonds. The van der Waals surface area contributed by atoms with Gasteiger partial charge in [0.15, 0.2) is 0 Å². The van der Waals surface area contributed by atoms with Gasteiger partial charge in [0.05, 0.1) is 0 Å². The molecule has 2 unspecified atom stereocenters. The second-order valence-electron chi connectivity index (χ2n) is 3.00. The van der Waals surface area contributed by atoms with Gasteiger partial charge in [-0.15, -0.1) is 6.58 Å². The summed E-state index contributed by atoms with van der Waals surface area (Å²) in [4.78, 5) is 0. The van der Waals surface area contributed by atoms with E-state index in [0.717, 1.165) is 25.1 Å². The van der Waals surface area contributed by atoms with Gasteiger partial charge in [0.1, 0.15) is 0 Å². The zero-order chi connectivity index (χ0) is 9.40. The smallest absolute Gasteiger partial charge is 0.0357 e. The molecular formula is C9H19NOS. The van der Waals surface area contributed by atoms with Crippen LogP contribution in [0.3, 0.4) is 0 Å². The standard InChI is InChI=1S/C9H19NOS/c1-4-5-6-9(2)10-7-8-12(3)11/h4,9-10H,1,5-8H2,2-3H3. The number of nitrogens with one attached hydrogen (secondary N) is 1. The van der Waals surface area contributed by atoms with Crippen LogP contribution in [0.4, 0.5) is 0 Å². The molecule has 0 aliphatic heterocycles. The monoisotopic (exact) mass is 189 g/mol. The van der Waals surface area contributed by atoms with Crippen molar-refractivity contribution in [3.8, 4) is 0 Å². The molecule has 0 aromatic rings. The number of hydrogen-bond acceptors (Lipinski definition) is 2. The van der Waals surface area contributed by atoms with E-state index < -0.39 is 10.8 Å². The highest BCUT2D eigenvalue weighted by molar-refractivity contribution is 7.84. The third kappa shape index (κ3) is 7.95. The summed E-state index contributed by atoms with van der Waals surface area (Å²) in [6.45, 7) is 6.65. The van der Waals surface area contributed by atoms with E-state index in [1.54, 1.807) is 6.26 Å². The highest BCUT2D eigenvalue weighted by atomic mass is 32.2. The van der Waals surface area contributed by atoms with Crippen LogP contribution in [-0.2, 0) is 10.8 Å². The molecule has 0 aromatic heterocycles. The lowest BCUT2D eigenvalue weighted by molar-refractivity contribution is 0.535. The molecular weight excluding hydrogens is 170 g/mol. The molecule has 3 heteroatoms. The highest BCUT2D eigenvalue weighted by Crippen LogP contribution is 1.95. The van der Waals surface area contributed by atoms with Gasteiger partial charge in [0, 0.05) is 35.4 Å². The van der Waals surface area contributed by atoms with Crippen LogP contribution in [0.2, 0.25) is 0 Å². The third-order valence-corrected chi connectivity index (χ3v) is 2.47. The maximum absolute atomic E-state index is 10.7. The van der Waals surface area contributed by atoms with Crippen LogP contribution in [0, 0.1) is 0 Å². The first-order valence-corrected chi connectivity index (χ1v) is 6.04. The fraction of sp³-hybridized carbons (Fsp3) is 0.778. The van der Waals surface area contributed by atoms with Crippen LogP contribution < -0.4 is 5.32 Å². The molecule has 1 N–H and O–H groups in total. The Morgan fingerprint density at radius 3 is 2.83 bits per heavy atom. The van der Waals surface area contributed by atoms with Crippen molar-refractivity contribution in [1.29, 1.82) is 0 Å². The van der Waals surface area contributed by atoms with Crippen molar-refractivity contribution in [2.75, 3.05) is 18.6 Å². The fourth-order valence-electron chi connectivity index (χ4n) is 0.919. The molecule has 2 nitrogen and oxygen atoms in total. The van der Waals surface area contributed by atoms with Crippen molar-refractivity contribution in [3.63, 3.8) is 0 Å². The molecule has 0 spiro atoms. The molecule has 0 aliphatic carbocycles. The van der Waals surface area contributed by atoms with Gasteiger partial charge < -0.3 is 5.32 Å². The molecule has 0 fully saturated rings. The molecule has 0 saturated heterocycles. The first-order chi connectivity index (χ1) is 5.66. The van der Waals surface area contributed by atoms with Crippen LogP contribution in [-0.4, -0.2) is 28.8 Å². The summed E-state index contributed by atoms with van der Waals surface area (Å²) in [5, 5.41) is 3.31. The van der Waals surface area contributed by atoms with Crippen molar-refractivity contribution in [2.24, 2.45) is 0 Å². The van der Waals surface area contributed by atoms with Gasteiger partial charge in [-0.25, -0.2) is 0 Å². The average Bonchev–Trinajstić information content (AvgIpc) is 2.00. The Labute approximate surface area is 77.9 Å². The maximum Gasteiger partial charge on any atom is 0.0357 e. The molecule has 12 heavy (non-hydrogen) atoms. The van der Waals surface area contributed by atoms with E-state index >= 15 is 0 Å². The lowest BCUT2D eigenvalue weighted by atomic mass is 10.2. The highest BCUT2D eigenvalue weighted by Gasteiger charge is 1.98. The quantitative estimate of drug-likeness (QED) is 0.612. The molecule has 0 radical (unpaired) electrons. The molecule has 72 valence electrons. The maximum atomic E-state index is 10.7. The third-order valence-electron chi connectivity index (χ3n) is 1.69. The summed E-state index contributed by atoms with van der Waals surface area (Å²) in [5.74, 6) is 0.748.